The van der Waals surface area contributed by atoms with Crippen LogP contribution in [0, 0.1) is 0 Å². The Hall–Kier alpha value is -1.10. The van der Waals surface area contributed by atoms with Crippen molar-refractivity contribution in [1.29, 1.82) is 0 Å². The first-order valence-electron chi connectivity index (χ1n) is 4.94. The van der Waals surface area contributed by atoms with E-state index in [1.165, 1.54) is 0 Å². The van der Waals surface area contributed by atoms with E-state index in [2.05, 4.69) is 6.92 Å². The average molecular weight is 222 g/mol. The van der Waals surface area contributed by atoms with Gasteiger partial charge >= 0.3 is 5.97 Å². The van der Waals surface area contributed by atoms with E-state index in [4.69, 9.17) is 20.1 Å². The van der Waals surface area contributed by atoms with Crippen LogP contribution in [0.3, 0.4) is 0 Å². The Balaban J connectivity index is -0.000000147. The highest BCUT2D eigenvalue weighted by Gasteiger charge is 1.87. The molecule has 3 N–H and O–H groups in total. The van der Waals surface area contributed by atoms with Crippen molar-refractivity contribution in [2.24, 2.45) is 0 Å². The van der Waals surface area contributed by atoms with E-state index in [0.29, 0.717) is 13.0 Å². The fourth-order valence-electron chi connectivity index (χ4n) is 0.372. The Morgan fingerprint density at radius 1 is 1.07 bits per heavy atom. The van der Waals surface area contributed by atoms with Gasteiger partial charge in [-0.2, -0.15) is 0 Å². The molecule has 0 saturated carbocycles. The van der Waals surface area contributed by atoms with Crippen LogP contribution in [0.5, 0.6) is 0 Å². The van der Waals surface area contributed by atoms with Crippen molar-refractivity contribution in [2.75, 3.05) is 6.61 Å². The molecular weight excluding hydrogens is 200 g/mol. The molecule has 0 aromatic heterocycles. The molecule has 0 saturated heterocycles. The fraction of sp³-hybridized carbons (Fsp3) is 0.800. The highest BCUT2D eigenvalue weighted by atomic mass is 16.4. The quantitative estimate of drug-likeness (QED) is 0.673. The van der Waals surface area contributed by atoms with Gasteiger partial charge in [-0.05, 0) is 12.8 Å². The monoisotopic (exact) mass is 222 g/mol. The van der Waals surface area contributed by atoms with Gasteiger partial charge in [-0.1, -0.05) is 20.3 Å². The molecule has 15 heavy (non-hydrogen) atoms. The van der Waals surface area contributed by atoms with Crippen molar-refractivity contribution < 1.29 is 24.9 Å². The SMILES string of the molecule is CC(=O)O.CCCC(=O)O.CCCCO. The molecule has 0 aromatic carbocycles. The van der Waals surface area contributed by atoms with Crippen LogP contribution < -0.4 is 0 Å². The van der Waals surface area contributed by atoms with E-state index in [9.17, 15) is 4.79 Å². The maximum atomic E-state index is 9.60. The number of rotatable bonds is 4. The number of hydrogen-bond donors (Lipinski definition) is 3. The molecule has 0 fully saturated rings. The zero-order valence-corrected chi connectivity index (χ0v) is 9.69. The molecule has 0 atom stereocenters. The first-order chi connectivity index (χ1) is 6.92. The van der Waals surface area contributed by atoms with Crippen molar-refractivity contribution in [3.8, 4) is 0 Å². The van der Waals surface area contributed by atoms with Crippen molar-refractivity contribution in [2.45, 2.75) is 46.5 Å². The van der Waals surface area contributed by atoms with Gasteiger partial charge in [0.2, 0.25) is 0 Å². The maximum absolute atomic E-state index is 9.60. The van der Waals surface area contributed by atoms with E-state index in [1.54, 1.807) is 0 Å². The first kappa shape index (κ1) is 19.5. The second kappa shape index (κ2) is 18.6. The molecule has 0 bridgehead atoms. The number of carbonyl (C=O) groups is 2. The third-order valence-corrected chi connectivity index (χ3v) is 0.976. The fourth-order valence-corrected chi connectivity index (χ4v) is 0.372. The molecule has 0 aromatic rings. The lowest BCUT2D eigenvalue weighted by Crippen LogP contribution is -1.90. The number of aliphatic carboxylic acids is 2. The topological polar surface area (TPSA) is 94.8 Å². The average Bonchev–Trinajstić information content (AvgIpc) is 2.05. The molecule has 5 heteroatoms. The largest absolute Gasteiger partial charge is 0.481 e. The Labute approximate surface area is 90.7 Å². The van der Waals surface area contributed by atoms with Gasteiger partial charge in [0.15, 0.2) is 0 Å². The number of carboxylic acid groups (broad SMARTS) is 2. The summed E-state index contributed by atoms with van der Waals surface area (Å²) in [5, 5.41) is 23.4. The molecule has 0 rings (SSSR count). The summed E-state index contributed by atoms with van der Waals surface area (Å²) in [4.78, 5) is 18.6. The summed E-state index contributed by atoms with van der Waals surface area (Å²) in [6.07, 6.45) is 3.06. The number of aliphatic hydroxyl groups excluding tert-OH is 1. The van der Waals surface area contributed by atoms with Gasteiger partial charge in [0.1, 0.15) is 0 Å². The Bertz CT molecular complexity index is 139. The van der Waals surface area contributed by atoms with E-state index in [1.807, 2.05) is 6.92 Å². The van der Waals surface area contributed by atoms with E-state index in [0.717, 1.165) is 26.2 Å². The number of unbranched alkanes of at least 4 members (excludes halogenated alkanes) is 1. The van der Waals surface area contributed by atoms with Crippen LogP contribution in [0.2, 0.25) is 0 Å². The Morgan fingerprint density at radius 2 is 1.47 bits per heavy atom. The minimum atomic E-state index is -0.833. The molecule has 0 aliphatic carbocycles. The zero-order chi connectivity index (χ0) is 12.7. The third-order valence-electron chi connectivity index (χ3n) is 0.976. The van der Waals surface area contributed by atoms with Crippen LogP contribution in [-0.2, 0) is 9.59 Å². The molecule has 5 nitrogen and oxygen atoms in total. The highest BCUT2D eigenvalue weighted by molar-refractivity contribution is 5.66. The predicted molar refractivity (Wildman–Crippen MR) is 57.8 cm³/mol. The van der Waals surface area contributed by atoms with Crippen molar-refractivity contribution >= 4 is 11.9 Å². The van der Waals surface area contributed by atoms with Crippen LogP contribution in [-0.4, -0.2) is 33.9 Å². The summed E-state index contributed by atoms with van der Waals surface area (Å²) in [5.41, 5.74) is 0. The van der Waals surface area contributed by atoms with Crippen molar-refractivity contribution in [3.63, 3.8) is 0 Å². The number of aliphatic hydroxyl groups is 1. The molecule has 0 aliphatic heterocycles. The maximum Gasteiger partial charge on any atom is 0.303 e. The standard InChI is InChI=1S/C4H8O2.C4H10O.C2H4O2/c1-2-3-4(5)6;1-2-3-4-5;1-2(3)4/h2-3H2,1H3,(H,5,6);5H,2-4H2,1H3;1H3,(H,3,4). The smallest absolute Gasteiger partial charge is 0.303 e. The zero-order valence-electron chi connectivity index (χ0n) is 9.69. The Morgan fingerprint density at radius 3 is 1.47 bits per heavy atom. The van der Waals surface area contributed by atoms with Gasteiger partial charge in [0.05, 0.1) is 0 Å². The molecule has 0 unspecified atom stereocenters. The minimum absolute atomic E-state index is 0.292. The lowest BCUT2D eigenvalue weighted by atomic mass is 10.4. The molecule has 0 amide bonds. The molecule has 0 spiro atoms. The summed E-state index contributed by atoms with van der Waals surface area (Å²) in [7, 11) is 0. The van der Waals surface area contributed by atoms with Crippen LogP contribution >= 0.6 is 0 Å². The molecule has 92 valence electrons. The van der Waals surface area contributed by atoms with Crippen LogP contribution in [0.15, 0.2) is 0 Å². The van der Waals surface area contributed by atoms with Gasteiger partial charge < -0.3 is 15.3 Å². The van der Waals surface area contributed by atoms with Crippen LogP contribution in [0.25, 0.3) is 0 Å². The second-order valence-corrected chi connectivity index (χ2v) is 2.74. The Kier molecular flexibility index (Phi) is 24.2. The van der Waals surface area contributed by atoms with Crippen LogP contribution in [0.1, 0.15) is 46.5 Å². The molecule has 0 heterocycles. The summed E-state index contributed by atoms with van der Waals surface area (Å²) < 4.78 is 0. The molecule has 0 radical (unpaired) electrons. The normalized spacial score (nSPS) is 7.73. The second-order valence-electron chi connectivity index (χ2n) is 2.74. The molecular formula is C10H22O5. The first-order valence-corrected chi connectivity index (χ1v) is 4.94. The summed E-state index contributed by atoms with van der Waals surface area (Å²) in [6, 6.07) is 0. The third kappa shape index (κ3) is 101. The van der Waals surface area contributed by atoms with Gasteiger partial charge in [-0.15, -0.1) is 0 Å². The number of carboxylic acids is 2. The van der Waals surface area contributed by atoms with Gasteiger partial charge in [0, 0.05) is 20.0 Å². The minimum Gasteiger partial charge on any atom is -0.481 e. The summed E-state index contributed by atoms with van der Waals surface area (Å²) in [5.74, 6) is -1.54. The summed E-state index contributed by atoms with van der Waals surface area (Å²) >= 11 is 0. The van der Waals surface area contributed by atoms with E-state index >= 15 is 0 Å². The van der Waals surface area contributed by atoms with Gasteiger partial charge in [0.25, 0.3) is 5.97 Å². The predicted octanol–water partition coefficient (Wildman–Crippen LogP) is 1.74. The summed E-state index contributed by atoms with van der Waals surface area (Å²) in [6.45, 7) is 5.32. The highest BCUT2D eigenvalue weighted by Crippen LogP contribution is 1.82. The molecule has 0 aliphatic rings. The van der Waals surface area contributed by atoms with Crippen LogP contribution in [0.4, 0.5) is 0 Å². The lowest BCUT2D eigenvalue weighted by Gasteiger charge is -1.79. The van der Waals surface area contributed by atoms with Gasteiger partial charge in [-0.3, -0.25) is 9.59 Å². The van der Waals surface area contributed by atoms with Crippen molar-refractivity contribution in [3.05, 3.63) is 0 Å². The lowest BCUT2D eigenvalue weighted by molar-refractivity contribution is -0.137. The van der Waals surface area contributed by atoms with E-state index < -0.39 is 11.9 Å². The van der Waals surface area contributed by atoms with Crippen molar-refractivity contribution in [1.82, 2.24) is 0 Å². The van der Waals surface area contributed by atoms with E-state index in [-0.39, 0.29) is 0 Å². The number of hydrogen-bond acceptors (Lipinski definition) is 3. The van der Waals surface area contributed by atoms with Gasteiger partial charge in [-0.25, -0.2) is 0 Å².